The number of carbonyl (C=O) groups is 2. The van der Waals surface area contributed by atoms with E-state index in [1.54, 1.807) is 0 Å². The average Bonchev–Trinajstić information content (AvgIpc) is 2.27. The SMILES string of the molecule is CC(N)CCCC(=O)Nc1cccc(F)c1C(=O)O. The fraction of sp³-hybridized carbons (Fsp3) is 0.385. The Morgan fingerprint density at radius 1 is 1.47 bits per heavy atom. The van der Waals surface area contributed by atoms with Crippen LogP contribution in [0.2, 0.25) is 0 Å². The van der Waals surface area contributed by atoms with Crippen molar-refractivity contribution in [3.05, 3.63) is 29.6 Å². The molecule has 0 aliphatic carbocycles. The van der Waals surface area contributed by atoms with Crippen molar-refractivity contribution >= 4 is 17.6 Å². The van der Waals surface area contributed by atoms with Gasteiger partial charge in [-0.1, -0.05) is 6.07 Å². The molecular weight excluding hydrogens is 251 g/mol. The standard InChI is InChI=1S/C13H17FN2O3/c1-8(15)4-2-7-11(17)16-10-6-3-5-9(14)12(10)13(18)19/h3,5-6,8H,2,4,7,15H2,1H3,(H,16,17)(H,18,19). The summed E-state index contributed by atoms with van der Waals surface area (Å²) in [6.45, 7) is 1.84. The van der Waals surface area contributed by atoms with Gasteiger partial charge in [0.15, 0.2) is 0 Å². The van der Waals surface area contributed by atoms with Crippen LogP contribution in [0.1, 0.15) is 36.5 Å². The zero-order valence-corrected chi connectivity index (χ0v) is 10.6. The van der Waals surface area contributed by atoms with E-state index in [-0.39, 0.29) is 24.1 Å². The van der Waals surface area contributed by atoms with Gasteiger partial charge < -0.3 is 16.2 Å². The van der Waals surface area contributed by atoms with Crippen LogP contribution < -0.4 is 11.1 Å². The first-order valence-corrected chi connectivity index (χ1v) is 5.99. The van der Waals surface area contributed by atoms with E-state index < -0.39 is 17.3 Å². The summed E-state index contributed by atoms with van der Waals surface area (Å²) >= 11 is 0. The molecule has 0 heterocycles. The highest BCUT2D eigenvalue weighted by molar-refractivity contribution is 6.00. The second-order valence-electron chi connectivity index (χ2n) is 4.39. The Kier molecular flexibility index (Phi) is 5.44. The minimum atomic E-state index is -1.41. The number of carboxylic acid groups (broad SMARTS) is 1. The van der Waals surface area contributed by atoms with Gasteiger partial charge in [-0.05, 0) is 31.9 Å². The molecule has 1 rings (SSSR count). The highest BCUT2D eigenvalue weighted by Gasteiger charge is 2.17. The Morgan fingerprint density at radius 3 is 2.74 bits per heavy atom. The number of nitrogens with two attached hydrogens (primary N) is 1. The lowest BCUT2D eigenvalue weighted by Gasteiger charge is -2.09. The smallest absolute Gasteiger partial charge is 0.340 e. The van der Waals surface area contributed by atoms with Gasteiger partial charge >= 0.3 is 5.97 Å². The number of aromatic carboxylic acids is 1. The van der Waals surface area contributed by atoms with Gasteiger partial charge in [0.25, 0.3) is 0 Å². The molecule has 5 nitrogen and oxygen atoms in total. The van der Waals surface area contributed by atoms with Crippen LogP contribution in [0.25, 0.3) is 0 Å². The molecule has 104 valence electrons. The van der Waals surface area contributed by atoms with Gasteiger partial charge in [-0.15, -0.1) is 0 Å². The van der Waals surface area contributed by atoms with Gasteiger partial charge in [0.05, 0.1) is 5.69 Å². The lowest BCUT2D eigenvalue weighted by Crippen LogP contribution is -2.18. The van der Waals surface area contributed by atoms with Crippen LogP contribution in [0, 0.1) is 5.82 Å². The van der Waals surface area contributed by atoms with Crippen molar-refractivity contribution in [2.45, 2.75) is 32.2 Å². The summed E-state index contributed by atoms with van der Waals surface area (Å²) in [6.07, 6.45) is 1.51. The molecule has 0 fully saturated rings. The molecule has 19 heavy (non-hydrogen) atoms. The quantitative estimate of drug-likeness (QED) is 0.735. The molecule has 0 aliphatic rings. The molecule has 0 aliphatic heterocycles. The van der Waals surface area contributed by atoms with Gasteiger partial charge in [-0.3, -0.25) is 4.79 Å². The highest BCUT2D eigenvalue weighted by atomic mass is 19.1. The molecule has 0 saturated carbocycles. The van der Waals surface area contributed by atoms with E-state index in [0.717, 1.165) is 6.07 Å². The van der Waals surface area contributed by atoms with E-state index in [0.29, 0.717) is 12.8 Å². The van der Waals surface area contributed by atoms with Crippen molar-refractivity contribution in [2.75, 3.05) is 5.32 Å². The third-order valence-corrected chi connectivity index (χ3v) is 2.56. The fourth-order valence-electron chi connectivity index (χ4n) is 1.64. The van der Waals surface area contributed by atoms with Crippen LogP contribution in [0.3, 0.4) is 0 Å². The first-order chi connectivity index (χ1) is 8.91. The maximum absolute atomic E-state index is 13.4. The molecule has 0 saturated heterocycles. The predicted molar refractivity (Wildman–Crippen MR) is 69.5 cm³/mol. The molecular formula is C13H17FN2O3. The Labute approximate surface area is 110 Å². The molecule has 1 aromatic rings. The third kappa shape index (κ3) is 4.67. The number of halogens is 1. The monoisotopic (exact) mass is 268 g/mol. The first kappa shape index (κ1) is 15.1. The normalized spacial score (nSPS) is 11.9. The summed E-state index contributed by atoms with van der Waals surface area (Å²) in [4.78, 5) is 22.5. The van der Waals surface area contributed by atoms with E-state index in [1.807, 2.05) is 6.92 Å². The summed E-state index contributed by atoms with van der Waals surface area (Å²) in [5, 5.41) is 11.3. The summed E-state index contributed by atoms with van der Waals surface area (Å²) in [5.74, 6) is -2.64. The van der Waals surface area contributed by atoms with Crippen LogP contribution in [0.5, 0.6) is 0 Å². The Morgan fingerprint density at radius 2 is 2.16 bits per heavy atom. The zero-order chi connectivity index (χ0) is 14.4. The Balaban J connectivity index is 2.69. The Bertz CT molecular complexity index is 475. The molecule has 0 aromatic heterocycles. The molecule has 0 radical (unpaired) electrons. The number of carbonyl (C=O) groups excluding carboxylic acids is 1. The molecule has 1 amide bonds. The number of rotatable bonds is 6. The van der Waals surface area contributed by atoms with Gasteiger partial charge in [-0.25, -0.2) is 9.18 Å². The number of amides is 1. The molecule has 1 aromatic carbocycles. The van der Waals surface area contributed by atoms with Crippen molar-refractivity contribution in [1.29, 1.82) is 0 Å². The van der Waals surface area contributed by atoms with Crippen LogP contribution in [0.4, 0.5) is 10.1 Å². The van der Waals surface area contributed by atoms with Gasteiger partial charge in [0.2, 0.25) is 5.91 Å². The molecule has 6 heteroatoms. The summed E-state index contributed by atoms with van der Waals surface area (Å²) in [7, 11) is 0. The van der Waals surface area contributed by atoms with E-state index in [2.05, 4.69) is 5.32 Å². The average molecular weight is 268 g/mol. The highest BCUT2D eigenvalue weighted by Crippen LogP contribution is 2.19. The third-order valence-electron chi connectivity index (χ3n) is 2.56. The number of benzene rings is 1. The predicted octanol–water partition coefficient (Wildman–Crippen LogP) is 1.98. The summed E-state index contributed by atoms with van der Waals surface area (Å²) in [6, 6.07) is 3.75. The summed E-state index contributed by atoms with van der Waals surface area (Å²) in [5.41, 5.74) is 5.00. The van der Waals surface area contributed by atoms with Crippen molar-refractivity contribution in [2.24, 2.45) is 5.73 Å². The van der Waals surface area contributed by atoms with Gasteiger partial charge in [0.1, 0.15) is 11.4 Å². The molecule has 4 N–H and O–H groups in total. The second kappa shape index (κ2) is 6.84. The van der Waals surface area contributed by atoms with Gasteiger partial charge in [0, 0.05) is 12.5 Å². The number of nitrogens with one attached hydrogen (secondary N) is 1. The van der Waals surface area contributed by atoms with E-state index in [1.165, 1.54) is 12.1 Å². The fourth-order valence-corrected chi connectivity index (χ4v) is 1.64. The van der Waals surface area contributed by atoms with E-state index >= 15 is 0 Å². The number of carboxylic acids is 1. The molecule has 1 atom stereocenters. The largest absolute Gasteiger partial charge is 0.478 e. The first-order valence-electron chi connectivity index (χ1n) is 5.99. The topological polar surface area (TPSA) is 92.4 Å². The van der Waals surface area contributed by atoms with Crippen molar-refractivity contribution in [3.8, 4) is 0 Å². The van der Waals surface area contributed by atoms with Crippen molar-refractivity contribution in [3.63, 3.8) is 0 Å². The lowest BCUT2D eigenvalue weighted by molar-refractivity contribution is -0.116. The number of anilines is 1. The molecule has 0 bridgehead atoms. The lowest BCUT2D eigenvalue weighted by atomic mass is 10.1. The van der Waals surface area contributed by atoms with Crippen LogP contribution >= 0.6 is 0 Å². The van der Waals surface area contributed by atoms with E-state index in [9.17, 15) is 14.0 Å². The van der Waals surface area contributed by atoms with Crippen LogP contribution in [0.15, 0.2) is 18.2 Å². The van der Waals surface area contributed by atoms with Crippen molar-refractivity contribution in [1.82, 2.24) is 0 Å². The minimum absolute atomic E-state index is 0.0107. The maximum Gasteiger partial charge on any atom is 0.340 e. The minimum Gasteiger partial charge on any atom is -0.478 e. The summed E-state index contributed by atoms with van der Waals surface area (Å²) < 4.78 is 13.4. The Hall–Kier alpha value is -1.95. The number of hydrogen-bond donors (Lipinski definition) is 3. The molecule has 1 unspecified atom stereocenters. The zero-order valence-electron chi connectivity index (χ0n) is 10.6. The van der Waals surface area contributed by atoms with E-state index in [4.69, 9.17) is 10.8 Å². The number of hydrogen-bond acceptors (Lipinski definition) is 3. The van der Waals surface area contributed by atoms with Crippen LogP contribution in [-0.4, -0.2) is 23.0 Å². The second-order valence-corrected chi connectivity index (χ2v) is 4.39. The molecule has 0 spiro atoms. The maximum atomic E-state index is 13.4. The van der Waals surface area contributed by atoms with Gasteiger partial charge in [-0.2, -0.15) is 0 Å². The van der Waals surface area contributed by atoms with Crippen LogP contribution in [-0.2, 0) is 4.79 Å². The van der Waals surface area contributed by atoms with Crippen molar-refractivity contribution < 1.29 is 19.1 Å².